The summed E-state index contributed by atoms with van der Waals surface area (Å²) < 4.78 is 0. The average Bonchev–Trinajstić information content (AvgIpc) is 3.15. The van der Waals surface area contributed by atoms with Crippen LogP contribution in [0.5, 0.6) is 0 Å². The zero-order chi connectivity index (χ0) is 18.5. The molecule has 2 heterocycles. The number of nitro groups is 1. The highest BCUT2D eigenvalue weighted by molar-refractivity contribution is 7.09. The van der Waals surface area contributed by atoms with E-state index in [1.54, 1.807) is 17.5 Å². The van der Waals surface area contributed by atoms with Gasteiger partial charge in [0.2, 0.25) is 0 Å². The van der Waals surface area contributed by atoms with E-state index in [4.69, 9.17) is 0 Å². The highest BCUT2D eigenvalue weighted by atomic mass is 32.1. The smallest absolute Gasteiger partial charge is 0.269 e. The predicted molar refractivity (Wildman–Crippen MR) is 102 cm³/mol. The summed E-state index contributed by atoms with van der Waals surface area (Å²) in [5, 5.41) is 12.8. The van der Waals surface area contributed by atoms with E-state index in [9.17, 15) is 14.9 Å². The van der Waals surface area contributed by atoms with Crippen LogP contribution in [0, 0.1) is 17.0 Å². The largest absolute Gasteiger partial charge is 0.344 e. The molecular weight excluding hydrogens is 350 g/mol. The molecule has 0 unspecified atom stereocenters. The van der Waals surface area contributed by atoms with Crippen molar-refractivity contribution in [3.63, 3.8) is 0 Å². The first-order valence-electron chi connectivity index (χ1n) is 8.01. The molecule has 0 bridgehead atoms. The van der Waals surface area contributed by atoms with Gasteiger partial charge in [-0.2, -0.15) is 0 Å². The van der Waals surface area contributed by atoms with Crippen molar-refractivity contribution in [3.8, 4) is 0 Å². The lowest BCUT2D eigenvalue weighted by molar-refractivity contribution is -0.384. The van der Waals surface area contributed by atoms with Gasteiger partial charge in [0.25, 0.3) is 5.69 Å². The Bertz CT molecular complexity index is 908. The molecule has 0 aliphatic carbocycles. The Morgan fingerprint density at radius 3 is 2.58 bits per heavy atom. The predicted octanol–water partition coefficient (Wildman–Crippen LogP) is 4.25. The van der Waals surface area contributed by atoms with E-state index in [2.05, 4.69) is 4.98 Å². The van der Waals surface area contributed by atoms with Crippen LogP contribution >= 0.6 is 11.3 Å². The van der Waals surface area contributed by atoms with Crippen LogP contribution in [0.3, 0.4) is 0 Å². The Kier molecular flexibility index (Phi) is 5.38. The topological polar surface area (TPSA) is 76.3 Å². The first-order valence-corrected chi connectivity index (χ1v) is 8.89. The molecule has 0 aliphatic rings. The molecule has 7 heteroatoms. The molecule has 0 saturated heterocycles. The SMILES string of the molecule is Cc1cccnc1N(CC(=O)c1ccc([N+](=O)[O-])cc1)Cc1cccs1. The van der Waals surface area contributed by atoms with Gasteiger partial charge >= 0.3 is 0 Å². The van der Waals surface area contributed by atoms with Crippen molar-refractivity contribution >= 4 is 28.6 Å². The quantitative estimate of drug-likeness (QED) is 0.354. The first-order chi connectivity index (χ1) is 12.5. The number of Topliss-reactive ketones (excluding diaryl/α,β-unsaturated/α-hetero) is 1. The van der Waals surface area contributed by atoms with Gasteiger partial charge in [-0.1, -0.05) is 12.1 Å². The van der Waals surface area contributed by atoms with E-state index in [1.165, 1.54) is 24.3 Å². The Hall–Kier alpha value is -3.06. The van der Waals surface area contributed by atoms with Crippen molar-refractivity contribution in [1.29, 1.82) is 0 Å². The zero-order valence-electron chi connectivity index (χ0n) is 14.2. The monoisotopic (exact) mass is 367 g/mol. The number of aryl methyl sites for hydroxylation is 1. The number of non-ortho nitro benzene ring substituents is 1. The minimum Gasteiger partial charge on any atom is -0.344 e. The van der Waals surface area contributed by atoms with E-state index < -0.39 is 4.92 Å². The van der Waals surface area contributed by atoms with Gasteiger partial charge in [0, 0.05) is 28.8 Å². The number of nitrogens with zero attached hydrogens (tertiary/aromatic N) is 3. The molecular formula is C19H17N3O3S. The van der Waals surface area contributed by atoms with Crippen molar-refractivity contribution < 1.29 is 9.72 Å². The summed E-state index contributed by atoms with van der Waals surface area (Å²) in [6.07, 6.45) is 1.71. The molecule has 0 radical (unpaired) electrons. The second kappa shape index (κ2) is 7.88. The number of hydrogen-bond donors (Lipinski definition) is 0. The summed E-state index contributed by atoms with van der Waals surface area (Å²) in [6.45, 7) is 2.68. The minimum absolute atomic E-state index is 0.0300. The third kappa shape index (κ3) is 4.12. The van der Waals surface area contributed by atoms with Gasteiger partial charge in [-0.05, 0) is 42.1 Å². The van der Waals surface area contributed by atoms with Crippen molar-refractivity contribution in [2.75, 3.05) is 11.4 Å². The fourth-order valence-corrected chi connectivity index (χ4v) is 3.36. The summed E-state index contributed by atoms with van der Waals surface area (Å²) in [5.74, 6) is 0.651. The average molecular weight is 367 g/mol. The summed E-state index contributed by atoms with van der Waals surface area (Å²) in [7, 11) is 0. The van der Waals surface area contributed by atoms with Crippen LogP contribution in [-0.2, 0) is 6.54 Å². The number of thiophene rings is 1. The van der Waals surface area contributed by atoms with Crippen molar-refractivity contribution in [2.24, 2.45) is 0 Å². The van der Waals surface area contributed by atoms with Crippen LogP contribution in [0.25, 0.3) is 0 Å². The van der Waals surface area contributed by atoms with E-state index >= 15 is 0 Å². The lowest BCUT2D eigenvalue weighted by Crippen LogP contribution is -2.30. The Morgan fingerprint density at radius 1 is 1.19 bits per heavy atom. The van der Waals surface area contributed by atoms with Crippen LogP contribution in [0.2, 0.25) is 0 Å². The third-order valence-corrected chi connectivity index (χ3v) is 4.80. The molecule has 132 valence electrons. The maximum absolute atomic E-state index is 12.7. The van der Waals surface area contributed by atoms with E-state index in [1.807, 2.05) is 41.5 Å². The number of carbonyl (C=O) groups excluding carboxylic acids is 1. The Labute approximate surface area is 154 Å². The van der Waals surface area contributed by atoms with Crippen molar-refractivity contribution in [1.82, 2.24) is 4.98 Å². The number of rotatable bonds is 7. The third-order valence-electron chi connectivity index (χ3n) is 3.94. The van der Waals surface area contributed by atoms with Gasteiger partial charge < -0.3 is 4.90 Å². The number of pyridine rings is 1. The Balaban J connectivity index is 1.84. The van der Waals surface area contributed by atoms with Crippen LogP contribution in [0.1, 0.15) is 20.8 Å². The number of anilines is 1. The fourth-order valence-electron chi connectivity index (χ4n) is 2.64. The molecule has 0 spiro atoms. The van der Waals surface area contributed by atoms with Gasteiger partial charge in [-0.15, -0.1) is 11.3 Å². The standard InChI is InChI=1S/C19H17N3O3S/c1-14-4-2-10-20-19(14)21(12-17-5-3-11-26-17)13-18(23)15-6-8-16(9-7-15)22(24)25/h2-11H,12-13H2,1H3. The lowest BCUT2D eigenvalue weighted by atomic mass is 10.1. The molecule has 0 aliphatic heterocycles. The van der Waals surface area contributed by atoms with E-state index in [0.717, 1.165) is 16.3 Å². The summed E-state index contributed by atoms with van der Waals surface area (Å²) in [6, 6.07) is 13.5. The van der Waals surface area contributed by atoms with Crippen LogP contribution < -0.4 is 4.90 Å². The number of benzene rings is 1. The molecule has 3 aromatic rings. The summed E-state index contributed by atoms with van der Waals surface area (Å²) >= 11 is 1.62. The van der Waals surface area contributed by atoms with E-state index in [-0.39, 0.29) is 18.0 Å². The number of nitro benzene ring substituents is 1. The van der Waals surface area contributed by atoms with Gasteiger partial charge in [0.1, 0.15) is 5.82 Å². The lowest BCUT2D eigenvalue weighted by Gasteiger charge is -2.24. The number of carbonyl (C=O) groups is 1. The van der Waals surface area contributed by atoms with Crippen LogP contribution in [0.15, 0.2) is 60.1 Å². The maximum Gasteiger partial charge on any atom is 0.269 e. The van der Waals surface area contributed by atoms with Crippen LogP contribution in [0.4, 0.5) is 11.5 Å². The van der Waals surface area contributed by atoms with Gasteiger partial charge in [0.15, 0.2) is 5.78 Å². The maximum atomic E-state index is 12.7. The van der Waals surface area contributed by atoms with Crippen molar-refractivity contribution in [3.05, 3.63) is 86.2 Å². The van der Waals surface area contributed by atoms with E-state index in [0.29, 0.717) is 12.1 Å². The molecule has 0 fully saturated rings. The molecule has 0 amide bonds. The van der Waals surface area contributed by atoms with Gasteiger partial charge in [0.05, 0.1) is 18.0 Å². The molecule has 1 aromatic carbocycles. The first kappa shape index (κ1) is 17.8. The molecule has 2 aromatic heterocycles. The minimum atomic E-state index is -0.478. The number of hydrogen-bond acceptors (Lipinski definition) is 6. The number of ketones is 1. The fraction of sp³-hybridized carbons (Fsp3) is 0.158. The van der Waals surface area contributed by atoms with Gasteiger partial charge in [-0.3, -0.25) is 14.9 Å². The normalized spacial score (nSPS) is 10.5. The number of aromatic nitrogens is 1. The zero-order valence-corrected chi connectivity index (χ0v) is 15.0. The Morgan fingerprint density at radius 2 is 1.96 bits per heavy atom. The molecule has 6 nitrogen and oxygen atoms in total. The molecule has 26 heavy (non-hydrogen) atoms. The highest BCUT2D eigenvalue weighted by Crippen LogP contribution is 2.22. The molecule has 0 saturated carbocycles. The second-order valence-electron chi connectivity index (χ2n) is 5.81. The molecule has 0 atom stereocenters. The van der Waals surface area contributed by atoms with Crippen molar-refractivity contribution in [2.45, 2.75) is 13.5 Å². The second-order valence-corrected chi connectivity index (χ2v) is 6.84. The highest BCUT2D eigenvalue weighted by Gasteiger charge is 2.17. The molecule has 0 N–H and O–H groups in total. The molecule has 3 rings (SSSR count). The van der Waals surface area contributed by atoms with Gasteiger partial charge in [-0.25, -0.2) is 4.98 Å². The summed E-state index contributed by atoms with van der Waals surface area (Å²) in [5.41, 5.74) is 1.40. The summed E-state index contributed by atoms with van der Waals surface area (Å²) in [4.78, 5) is 30.5. The van der Waals surface area contributed by atoms with Crippen LogP contribution in [-0.4, -0.2) is 22.2 Å².